The first-order valence-electron chi connectivity index (χ1n) is 10.8. The molecule has 2 aromatic carbocycles. The third-order valence-corrected chi connectivity index (χ3v) is 6.73. The molecule has 1 aliphatic heterocycles. The van der Waals surface area contributed by atoms with E-state index in [1.807, 2.05) is 0 Å². The molecule has 0 amide bonds. The first-order chi connectivity index (χ1) is 13.7. The predicted molar refractivity (Wildman–Crippen MR) is 115 cm³/mol. The van der Waals surface area contributed by atoms with E-state index in [-0.39, 0.29) is 0 Å². The van der Waals surface area contributed by atoms with Crippen LogP contribution in [0.4, 0.5) is 5.69 Å². The summed E-state index contributed by atoms with van der Waals surface area (Å²) in [6.07, 6.45) is 6.52. The maximum Gasteiger partial charge on any atom is 0.119 e. The van der Waals surface area contributed by atoms with E-state index in [2.05, 4.69) is 66.4 Å². The lowest BCUT2D eigenvalue weighted by atomic mass is 9.83. The fourth-order valence-corrected chi connectivity index (χ4v) is 4.88. The summed E-state index contributed by atoms with van der Waals surface area (Å²) in [6, 6.07) is 19.9. The Balaban J connectivity index is 1.31. The Morgan fingerprint density at radius 3 is 2.29 bits per heavy atom. The van der Waals surface area contributed by atoms with E-state index in [1.165, 1.54) is 43.4 Å². The maximum absolute atomic E-state index is 6.45. The van der Waals surface area contributed by atoms with E-state index < -0.39 is 0 Å². The summed E-state index contributed by atoms with van der Waals surface area (Å²) < 4.78 is 11.8. The molecule has 1 aliphatic carbocycles. The van der Waals surface area contributed by atoms with Crippen LogP contribution < -0.4 is 9.64 Å². The molecule has 2 atom stereocenters. The molecule has 150 valence electrons. The number of hydrogen-bond donors (Lipinski definition) is 0. The number of benzene rings is 2. The molecule has 0 radical (unpaired) electrons. The summed E-state index contributed by atoms with van der Waals surface area (Å²) in [5.41, 5.74) is 2.78. The van der Waals surface area contributed by atoms with Gasteiger partial charge in [0, 0.05) is 12.2 Å². The van der Waals surface area contributed by atoms with E-state index in [9.17, 15) is 0 Å². The van der Waals surface area contributed by atoms with Gasteiger partial charge in [-0.15, -0.1) is 0 Å². The van der Waals surface area contributed by atoms with Gasteiger partial charge in [0.05, 0.1) is 25.9 Å². The number of nitrogens with zero attached hydrogens (tertiary/aromatic N) is 1. The van der Waals surface area contributed by atoms with Crippen molar-refractivity contribution in [2.24, 2.45) is 5.92 Å². The van der Waals surface area contributed by atoms with Crippen LogP contribution >= 0.6 is 0 Å². The van der Waals surface area contributed by atoms with Gasteiger partial charge in [-0.1, -0.05) is 37.3 Å². The third kappa shape index (κ3) is 4.35. The van der Waals surface area contributed by atoms with Gasteiger partial charge in [-0.25, -0.2) is 0 Å². The van der Waals surface area contributed by atoms with Crippen molar-refractivity contribution in [3.8, 4) is 5.75 Å². The van der Waals surface area contributed by atoms with Crippen LogP contribution in [0, 0.1) is 5.92 Å². The topological polar surface area (TPSA) is 21.7 Å². The molecular formula is C25H33NO2. The van der Waals surface area contributed by atoms with Crippen molar-refractivity contribution in [2.45, 2.75) is 57.1 Å². The highest BCUT2D eigenvalue weighted by atomic mass is 16.5. The van der Waals surface area contributed by atoms with Gasteiger partial charge in [-0.05, 0) is 73.8 Å². The molecule has 28 heavy (non-hydrogen) atoms. The lowest BCUT2D eigenvalue weighted by Gasteiger charge is -2.33. The molecule has 4 rings (SSSR count). The van der Waals surface area contributed by atoms with Gasteiger partial charge in [-0.3, -0.25) is 0 Å². The van der Waals surface area contributed by atoms with Gasteiger partial charge >= 0.3 is 0 Å². The zero-order chi connectivity index (χ0) is 19.3. The number of hydrogen-bond acceptors (Lipinski definition) is 3. The van der Waals surface area contributed by atoms with Crippen molar-refractivity contribution in [3.05, 3.63) is 60.2 Å². The Labute approximate surface area is 169 Å². The molecule has 0 spiro atoms. The summed E-state index contributed by atoms with van der Waals surface area (Å²) in [5.74, 6) is 2.30. The molecule has 3 heteroatoms. The quantitative estimate of drug-likeness (QED) is 0.647. The van der Waals surface area contributed by atoms with Gasteiger partial charge in [0.2, 0.25) is 0 Å². The number of ether oxygens (including phenoxy) is 2. The summed E-state index contributed by atoms with van der Waals surface area (Å²) in [5, 5.41) is 0. The number of rotatable bonds is 6. The minimum Gasteiger partial charge on any atom is -0.497 e. The lowest BCUT2D eigenvalue weighted by molar-refractivity contribution is 0.0134. The van der Waals surface area contributed by atoms with Gasteiger partial charge in [0.25, 0.3) is 0 Å². The molecule has 1 saturated heterocycles. The summed E-state index contributed by atoms with van der Waals surface area (Å²) in [6.45, 7) is 4.32. The fourth-order valence-electron chi connectivity index (χ4n) is 4.88. The molecule has 1 heterocycles. The molecular weight excluding hydrogens is 346 g/mol. The molecule has 0 bridgehead atoms. The maximum atomic E-state index is 6.45. The van der Waals surface area contributed by atoms with Crippen molar-refractivity contribution in [1.82, 2.24) is 0 Å². The molecule has 3 nitrogen and oxygen atoms in total. The van der Waals surface area contributed by atoms with E-state index in [4.69, 9.17) is 9.47 Å². The standard InChI is InChI=1S/C25H33NO2/c1-19-16-17-26(22-10-14-23(27-2)15-11-22)25(19)18-28-24-12-8-21(9-13-24)20-6-4-3-5-7-20/h3-7,10-11,14-15,19,21,24-25H,8-9,12-13,16-18H2,1-2H3/t19-,21?,24?,25?/m0/s1. The molecule has 1 saturated carbocycles. The van der Waals surface area contributed by atoms with E-state index in [0.717, 1.165) is 18.9 Å². The number of methoxy groups -OCH3 is 1. The van der Waals surface area contributed by atoms with Crippen molar-refractivity contribution in [3.63, 3.8) is 0 Å². The van der Waals surface area contributed by atoms with Crippen molar-refractivity contribution >= 4 is 5.69 Å². The van der Waals surface area contributed by atoms with Crippen LogP contribution in [0.3, 0.4) is 0 Å². The molecule has 0 N–H and O–H groups in total. The summed E-state index contributed by atoms with van der Waals surface area (Å²) >= 11 is 0. The largest absolute Gasteiger partial charge is 0.497 e. The van der Waals surface area contributed by atoms with Gasteiger partial charge in [0.1, 0.15) is 5.75 Å². The highest BCUT2D eigenvalue weighted by molar-refractivity contribution is 5.51. The average Bonchev–Trinajstić information content (AvgIpc) is 3.13. The Morgan fingerprint density at radius 2 is 1.61 bits per heavy atom. The Kier molecular flexibility index (Phi) is 6.21. The van der Waals surface area contributed by atoms with Crippen LogP contribution in [0.15, 0.2) is 54.6 Å². The van der Waals surface area contributed by atoms with Crippen LogP contribution in [0.25, 0.3) is 0 Å². The van der Waals surface area contributed by atoms with Gasteiger partial charge in [0.15, 0.2) is 0 Å². The average molecular weight is 380 g/mol. The second-order valence-electron chi connectivity index (χ2n) is 8.44. The first-order valence-corrected chi connectivity index (χ1v) is 10.8. The first kappa shape index (κ1) is 19.3. The Hall–Kier alpha value is -2.00. The minimum absolute atomic E-state index is 0.422. The Bertz CT molecular complexity index is 722. The van der Waals surface area contributed by atoms with E-state index in [1.54, 1.807) is 7.11 Å². The van der Waals surface area contributed by atoms with Gasteiger partial charge < -0.3 is 14.4 Å². The second-order valence-corrected chi connectivity index (χ2v) is 8.44. The Morgan fingerprint density at radius 1 is 0.893 bits per heavy atom. The second kappa shape index (κ2) is 9.00. The van der Waals surface area contributed by atoms with E-state index in [0.29, 0.717) is 24.0 Å². The monoisotopic (exact) mass is 379 g/mol. The predicted octanol–water partition coefficient (Wildman–Crippen LogP) is 5.65. The zero-order valence-corrected chi connectivity index (χ0v) is 17.2. The lowest BCUT2D eigenvalue weighted by Crippen LogP contribution is -2.38. The van der Waals surface area contributed by atoms with Crippen LogP contribution in [0.1, 0.15) is 50.5 Å². The van der Waals surface area contributed by atoms with Crippen LogP contribution in [-0.2, 0) is 4.74 Å². The molecule has 2 aromatic rings. The van der Waals surface area contributed by atoms with Crippen molar-refractivity contribution in [2.75, 3.05) is 25.2 Å². The van der Waals surface area contributed by atoms with Gasteiger partial charge in [-0.2, -0.15) is 0 Å². The van der Waals surface area contributed by atoms with Crippen molar-refractivity contribution < 1.29 is 9.47 Å². The SMILES string of the molecule is COc1ccc(N2CC[C@H](C)C2COC2CCC(c3ccccc3)CC2)cc1. The number of anilines is 1. The van der Waals surface area contributed by atoms with Crippen LogP contribution in [-0.4, -0.2) is 32.4 Å². The molecule has 0 aromatic heterocycles. The molecule has 2 fully saturated rings. The zero-order valence-electron chi connectivity index (χ0n) is 17.2. The highest BCUT2D eigenvalue weighted by Gasteiger charge is 2.33. The fraction of sp³-hybridized carbons (Fsp3) is 0.520. The van der Waals surface area contributed by atoms with Crippen LogP contribution in [0.5, 0.6) is 5.75 Å². The van der Waals surface area contributed by atoms with Crippen molar-refractivity contribution in [1.29, 1.82) is 0 Å². The normalized spacial score (nSPS) is 27.7. The summed E-state index contributed by atoms with van der Waals surface area (Å²) in [7, 11) is 1.72. The van der Waals surface area contributed by atoms with Crippen LogP contribution in [0.2, 0.25) is 0 Å². The minimum atomic E-state index is 0.422. The summed E-state index contributed by atoms with van der Waals surface area (Å²) in [4.78, 5) is 2.53. The highest BCUT2D eigenvalue weighted by Crippen LogP contribution is 2.35. The molecule has 2 aliphatic rings. The smallest absolute Gasteiger partial charge is 0.119 e. The molecule has 1 unspecified atom stereocenters. The van der Waals surface area contributed by atoms with E-state index >= 15 is 0 Å². The third-order valence-electron chi connectivity index (χ3n) is 6.73.